The quantitative estimate of drug-likeness (QED) is 0.737. The number of hydrogen-bond donors (Lipinski definition) is 1. The molecule has 0 amide bonds. The minimum Gasteiger partial charge on any atom is -0.497 e. The van der Waals surface area contributed by atoms with Crippen LogP contribution in [-0.2, 0) is 6.42 Å². The van der Waals surface area contributed by atoms with Gasteiger partial charge in [0.1, 0.15) is 11.5 Å². The van der Waals surface area contributed by atoms with Crippen LogP contribution < -0.4 is 15.2 Å². The van der Waals surface area contributed by atoms with Crippen LogP contribution in [0.15, 0.2) is 18.2 Å². The van der Waals surface area contributed by atoms with Crippen molar-refractivity contribution in [3.05, 3.63) is 23.8 Å². The highest BCUT2D eigenvalue weighted by Gasteiger charge is 2.08. The minimum atomic E-state index is 0.131. The molecule has 0 aliphatic heterocycles. The minimum absolute atomic E-state index is 0.131. The molecular weight excluding hydrogens is 246 g/mol. The Kier molecular flexibility index (Phi) is 6.98. The standard InChI is InChI=1S/C14H23NO2S/c1-11(15)9-12-5-6-13(16-2)10-14(12)17-7-4-8-18-3/h5-6,10-11H,4,7-9,15H2,1-3H3. The number of methoxy groups -OCH3 is 1. The van der Waals surface area contributed by atoms with E-state index in [0.29, 0.717) is 0 Å². The Balaban J connectivity index is 2.69. The molecule has 0 aromatic heterocycles. The molecule has 1 atom stereocenters. The van der Waals surface area contributed by atoms with Crippen LogP contribution in [-0.4, -0.2) is 31.8 Å². The maximum Gasteiger partial charge on any atom is 0.126 e. The Morgan fingerprint density at radius 3 is 2.78 bits per heavy atom. The molecule has 1 aromatic rings. The number of rotatable bonds is 8. The smallest absolute Gasteiger partial charge is 0.126 e. The largest absolute Gasteiger partial charge is 0.497 e. The molecule has 3 nitrogen and oxygen atoms in total. The van der Waals surface area contributed by atoms with E-state index in [9.17, 15) is 0 Å². The summed E-state index contributed by atoms with van der Waals surface area (Å²) in [6, 6.07) is 6.06. The molecule has 2 N–H and O–H groups in total. The first-order valence-electron chi connectivity index (χ1n) is 6.21. The van der Waals surface area contributed by atoms with Gasteiger partial charge in [-0.1, -0.05) is 6.07 Å². The van der Waals surface area contributed by atoms with Gasteiger partial charge >= 0.3 is 0 Å². The highest BCUT2D eigenvalue weighted by atomic mass is 32.2. The van der Waals surface area contributed by atoms with Crippen molar-refractivity contribution < 1.29 is 9.47 Å². The fraction of sp³-hybridized carbons (Fsp3) is 0.571. The van der Waals surface area contributed by atoms with Gasteiger partial charge in [0.05, 0.1) is 13.7 Å². The Hall–Kier alpha value is -0.870. The van der Waals surface area contributed by atoms with Gasteiger partial charge in [0.2, 0.25) is 0 Å². The van der Waals surface area contributed by atoms with Crippen LogP contribution in [0.3, 0.4) is 0 Å². The van der Waals surface area contributed by atoms with Gasteiger partial charge < -0.3 is 15.2 Å². The topological polar surface area (TPSA) is 44.5 Å². The number of thioether (sulfide) groups is 1. The number of hydrogen-bond acceptors (Lipinski definition) is 4. The third kappa shape index (κ3) is 5.19. The van der Waals surface area contributed by atoms with Crippen molar-refractivity contribution >= 4 is 11.8 Å². The van der Waals surface area contributed by atoms with Gasteiger partial charge in [0.15, 0.2) is 0 Å². The second-order valence-electron chi connectivity index (χ2n) is 4.35. The van der Waals surface area contributed by atoms with E-state index in [1.165, 1.54) is 0 Å². The average Bonchev–Trinajstić information content (AvgIpc) is 2.35. The average molecular weight is 269 g/mol. The molecule has 4 heteroatoms. The molecule has 0 radical (unpaired) electrons. The zero-order chi connectivity index (χ0) is 13.4. The van der Waals surface area contributed by atoms with Crippen molar-refractivity contribution in [2.75, 3.05) is 25.7 Å². The first-order valence-corrected chi connectivity index (χ1v) is 7.61. The molecule has 0 aliphatic carbocycles. The number of ether oxygens (including phenoxy) is 2. The molecule has 0 saturated heterocycles. The summed E-state index contributed by atoms with van der Waals surface area (Å²) in [7, 11) is 1.66. The van der Waals surface area contributed by atoms with Crippen molar-refractivity contribution in [3.8, 4) is 11.5 Å². The molecular formula is C14H23NO2S. The number of benzene rings is 1. The van der Waals surface area contributed by atoms with E-state index in [-0.39, 0.29) is 6.04 Å². The van der Waals surface area contributed by atoms with Gasteiger partial charge in [0, 0.05) is 12.1 Å². The summed E-state index contributed by atoms with van der Waals surface area (Å²) in [5, 5.41) is 0. The fourth-order valence-corrected chi connectivity index (χ4v) is 2.10. The maximum absolute atomic E-state index is 5.85. The zero-order valence-electron chi connectivity index (χ0n) is 11.4. The molecule has 102 valence electrons. The lowest BCUT2D eigenvalue weighted by molar-refractivity contribution is 0.312. The van der Waals surface area contributed by atoms with Gasteiger partial charge in [-0.2, -0.15) is 11.8 Å². The van der Waals surface area contributed by atoms with Crippen molar-refractivity contribution in [3.63, 3.8) is 0 Å². The van der Waals surface area contributed by atoms with E-state index in [2.05, 4.69) is 6.26 Å². The highest BCUT2D eigenvalue weighted by Crippen LogP contribution is 2.26. The summed E-state index contributed by atoms with van der Waals surface area (Å²) in [5.74, 6) is 2.84. The third-order valence-corrected chi connectivity index (χ3v) is 3.26. The van der Waals surface area contributed by atoms with Crippen molar-refractivity contribution in [1.29, 1.82) is 0 Å². The molecule has 1 aromatic carbocycles. The third-order valence-electron chi connectivity index (χ3n) is 2.57. The lowest BCUT2D eigenvalue weighted by Crippen LogP contribution is -2.18. The molecule has 1 unspecified atom stereocenters. The maximum atomic E-state index is 5.85. The highest BCUT2D eigenvalue weighted by molar-refractivity contribution is 7.98. The molecule has 0 aliphatic rings. The van der Waals surface area contributed by atoms with Gasteiger partial charge in [-0.25, -0.2) is 0 Å². The molecule has 0 fully saturated rings. The van der Waals surface area contributed by atoms with E-state index in [4.69, 9.17) is 15.2 Å². The summed E-state index contributed by atoms with van der Waals surface area (Å²) >= 11 is 1.83. The predicted molar refractivity (Wildman–Crippen MR) is 78.8 cm³/mol. The van der Waals surface area contributed by atoms with Gasteiger partial charge in [-0.15, -0.1) is 0 Å². The van der Waals surface area contributed by atoms with E-state index in [1.54, 1.807) is 7.11 Å². The summed E-state index contributed by atoms with van der Waals surface area (Å²) in [6.45, 7) is 2.74. The van der Waals surface area contributed by atoms with Crippen LogP contribution in [0.1, 0.15) is 18.9 Å². The number of nitrogens with two attached hydrogens (primary N) is 1. The van der Waals surface area contributed by atoms with Crippen LogP contribution in [0.5, 0.6) is 11.5 Å². The second kappa shape index (κ2) is 8.27. The van der Waals surface area contributed by atoms with Crippen molar-refractivity contribution in [1.82, 2.24) is 0 Å². The molecule has 0 saturated carbocycles. The molecule has 0 heterocycles. The summed E-state index contributed by atoms with van der Waals surface area (Å²) < 4.78 is 11.1. The second-order valence-corrected chi connectivity index (χ2v) is 5.34. The first kappa shape index (κ1) is 15.2. The predicted octanol–water partition coefficient (Wildman–Crippen LogP) is 2.72. The Bertz CT molecular complexity index is 356. The van der Waals surface area contributed by atoms with E-state index >= 15 is 0 Å². The van der Waals surface area contributed by atoms with Crippen molar-refractivity contribution in [2.45, 2.75) is 25.8 Å². The lowest BCUT2D eigenvalue weighted by atomic mass is 10.1. The van der Waals surface area contributed by atoms with Crippen LogP contribution in [0.2, 0.25) is 0 Å². The summed E-state index contributed by atoms with van der Waals surface area (Å²) in [4.78, 5) is 0. The Labute approximate surface area is 114 Å². The first-order chi connectivity index (χ1) is 8.67. The molecule has 0 spiro atoms. The molecule has 18 heavy (non-hydrogen) atoms. The summed E-state index contributed by atoms with van der Waals surface area (Å²) in [6.07, 6.45) is 3.98. The van der Waals surface area contributed by atoms with Gasteiger partial charge in [-0.3, -0.25) is 0 Å². The fourth-order valence-electron chi connectivity index (χ4n) is 1.70. The summed E-state index contributed by atoms with van der Waals surface area (Å²) in [5.41, 5.74) is 7.00. The van der Waals surface area contributed by atoms with Gasteiger partial charge in [-0.05, 0) is 43.4 Å². The Morgan fingerprint density at radius 1 is 1.39 bits per heavy atom. The van der Waals surface area contributed by atoms with E-state index in [1.807, 2.05) is 36.9 Å². The van der Waals surface area contributed by atoms with Crippen LogP contribution in [0.25, 0.3) is 0 Å². The van der Waals surface area contributed by atoms with Gasteiger partial charge in [0.25, 0.3) is 0 Å². The molecule has 1 rings (SSSR count). The van der Waals surface area contributed by atoms with Crippen LogP contribution in [0.4, 0.5) is 0 Å². The Morgan fingerprint density at radius 2 is 2.17 bits per heavy atom. The monoisotopic (exact) mass is 269 g/mol. The zero-order valence-corrected chi connectivity index (χ0v) is 12.3. The lowest BCUT2D eigenvalue weighted by Gasteiger charge is -2.14. The SMILES string of the molecule is COc1ccc(CC(C)N)c(OCCCSC)c1. The normalized spacial score (nSPS) is 12.2. The van der Waals surface area contributed by atoms with E-state index in [0.717, 1.165) is 42.3 Å². The van der Waals surface area contributed by atoms with Crippen LogP contribution in [0, 0.1) is 0 Å². The van der Waals surface area contributed by atoms with Crippen molar-refractivity contribution in [2.24, 2.45) is 5.73 Å². The molecule has 0 bridgehead atoms. The van der Waals surface area contributed by atoms with E-state index < -0.39 is 0 Å². The van der Waals surface area contributed by atoms with Crippen LogP contribution >= 0.6 is 11.8 Å².